The van der Waals surface area contributed by atoms with Crippen molar-refractivity contribution < 1.29 is 13.5 Å². The second-order valence-electron chi connectivity index (χ2n) is 5.65. The van der Waals surface area contributed by atoms with Gasteiger partial charge in [-0.1, -0.05) is 0 Å². The second kappa shape index (κ2) is 6.77. The lowest BCUT2D eigenvalue weighted by atomic mass is 10.1. The Morgan fingerprint density at radius 2 is 1.81 bits per heavy atom. The van der Waals surface area contributed by atoms with Crippen molar-refractivity contribution in [1.82, 2.24) is 4.31 Å². The molecule has 0 aliphatic carbocycles. The monoisotopic (exact) mass is 314 g/mol. The number of hydrogen-bond acceptors (Lipinski definition) is 4. The first kappa shape index (κ1) is 17.9. The van der Waals surface area contributed by atoms with Crippen LogP contribution in [-0.4, -0.2) is 37.0 Å². The van der Waals surface area contributed by atoms with E-state index in [1.807, 2.05) is 20.8 Å². The van der Waals surface area contributed by atoms with Gasteiger partial charge in [0.05, 0.1) is 4.90 Å². The van der Waals surface area contributed by atoms with Crippen LogP contribution in [0.1, 0.15) is 37.0 Å². The molecule has 0 saturated carbocycles. The molecule has 0 unspecified atom stereocenters. The minimum absolute atomic E-state index is 0.0351. The van der Waals surface area contributed by atoms with Gasteiger partial charge in [-0.25, -0.2) is 8.42 Å². The van der Waals surface area contributed by atoms with Crippen LogP contribution < -0.4 is 5.73 Å². The molecule has 0 bridgehead atoms. The molecular formula is C15H26N2O3S. The summed E-state index contributed by atoms with van der Waals surface area (Å²) < 4.78 is 27.5. The van der Waals surface area contributed by atoms with Gasteiger partial charge in [0.2, 0.25) is 10.0 Å². The predicted molar refractivity (Wildman–Crippen MR) is 85.8 cm³/mol. The molecular weight excluding hydrogens is 288 g/mol. The lowest BCUT2D eigenvalue weighted by molar-refractivity contribution is 0.258. The Balaban J connectivity index is 3.48. The Bertz CT molecular complexity index is 584. The van der Waals surface area contributed by atoms with Crippen LogP contribution in [0.3, 0.4) is 0 Å². The molecule has 0 aliphatic heterocycles. The number of hydrogen-bond donors (Lipinski definition) is 2. The molecule has 1 rings (SSSR count). The summed E-state index contributed by atoms with van der Waals surface area (Å²) in [6.07, 6.45) is 0.413. The average Bonchev–Trinajstić information content (AvgIpc) is 2.36. The minimum Gasteiger partial charge on any atom is -0.398 e. The molecule has 0 heterocycles. The fraction of sp³-hybridized carbons (Fsp3) is 0.600. The van der Waals surface area contributed by atoms with Crippen LogP contribution in [0.2, 0.25) is 0 Å². The van der Waals surface area contributed by atoms with Gasteiger partial charge in [-0.15, -0.1) is 0 Å². The maximum absolute atomic E-state index is 13.0. The van der Waals surface area contributed by atoms with Gasteiger partial charge < -0.3 is 10.8 Å². The van der Waals surface area contributed by atoms with Gasteiger partial charge in [-0.2, -0.15) is 4.31 Å². The van der Waals surface area contributed by atoms with Crippen molar-refractivity contribution in [3.05, 3.63) is 22.8 Å². The second-order valence-corrected chi connectivity index (χ2v) is 7.48. The quantitative estimate of drug-likeness (QED) is 0.786. The third-order valence-electron chi connectivity index (χ3n) is 3.76. The molecule has 6 heteroatoms. The van der Waals surface area contributed by atoms with Gasteiger partial charge in [-0.3, -0.25) is 0 Å². The van der Waals surface area contributed by atoms with Crippen molar-refractivity contribution in [2.75, 3.05) is 18.9 Å². The average molecular weight is 314 g/mol. The largest absolute Gasteiger partial charge is 0.398 e. The Kier molecular flexibility index (Phi) is 5.78. The summed E-state index contributed by atoms with van der Waals surface area (Å²) in [6, 6.07) is 1.62. The van der Waals surface area contributed by atoms with Crippen molar-refractivity contribution in [2.45, 2.75) is 52.0 Å². The number of nitrogens with zero attached hydrogens (tertiary/aromatic N) is 1. The molecule has 0 saturated heterocycles. The number of rotatable bonds is 6. The van der Waals surface area contributed by atoms with E-state index < -0.39 is 10.0 Å². The molecule has 0 spiro atoms. The summed E-state index contributed by atoms with van der Waals surface area (Å²) in [5.74, 6) is 0. The molecule has 1 aromatic rings. The highest BCUT2D eigenvalue weighted by atomic mass is 32.2. The SMILES string of the molecule is Cc1cc(N)c(C)c(S(=O)(=O)N(CCCO)C(C)C)c1C. The van der Waals surface area contributed by atoms with E-state index in [1.165, 1.54) is 4.31 Å². The van der Waals surface area contributed by atoms with Crippen molar-refractivity contribution in [1.29, 1.82) is 0 Å². The molecule has 5 nitrogen and oxygen atoms in total. The van der Waals surface area contributed by atoms with Crippen LogP contribution in [0.15, 0.2) is 11.0 Å². The van der Waals surface area contributed by atoms with Gasteiger partial charge in [0.15, 0.2) is 0 Å². The van der Waals surface area contributed by atoms with E-state index in [9.17, 15) is 8.42 Å². The van der Waals surface area contributed by atoms with Crippen molar-refractivity contribution in [2.24, 2.45) is 0 Å². The van der Waals surface area contributed by atoms with Crippen molar-refractivity contribution >= 4 is 15.7 Å². The van der Waals surface area contributed by atoms with Crippen LogP contribution >= 0.6 is 0 Å². The fourth-order valence-corrected chi connectivity index (χ4v) is 4.64. The first-order chi connectivity index (χ1) is 9.64. The zero-order chi connectivity index (χ0) is 16.4. The van der Waals surface area contributed by atoms with Crippen molar-refractivity contribution in [3.63, 3.8) is 0 Å². The number of benzene rings is 1. The molecule has 0 amide bonds. The van der Waals surface area contributed by atoms with Gasteiger partial charge in [0, 0.05) is 24.9 Å². The Labute approximate surface area is 127 Å². The number of nitrogen functional groups attached to an aromatic ring is 1. The summed E-state index contributed by atoms with van der Waals surface area (Å²) >= 11 is 0. The van der Waals surface area contributed by atoms with Gasteiger partial charge >= 0.3 is 0 Å². The molecule has 21 heavy (non-hydrogen) atoms. The summed E-state index contributed by atoms with van der Waals surface area (Å²) in [5, 5.41) is 8.99. The highest BCUT2D eigenvalue weighted by molar-refractivity contribution is 7.89. The third kappa shape index (κ3) is 3.56. The third-order valence-corrected chi connectivity index (χ3v) is 6.11. The standard InChI is InChI=1S/C15H26N2O3S/c1-10(2)17(7-6-8-18)21(19,20)15-12(4)11(3)9-14(16)13(15)5/h9-10,18H,6-8,16H2,1-5H3. The number of aliphatic hydroxyl groups excluding tert-OH is 1. The molecule has 0 aliphatic rings. The van der Waals surface area contributed by atoms with E-state index in [2.05, 4.69) is 0 Å². The van der Waals surface area contributed by atoms with Gasteiger partial charge in [-0.05, 0) is 63.8 Å². The molecule has 120 valence electrons. The summed E-state index contributed by atoms with van der Waals surface area (Å²) in [4.78, 5) is 0.298. The number of aliphatic hydroxyl groups is 1. The highest BCUT2D eigenvalue weighted by Gasteiger charge is 2.30. The maximum atomic E-state index is 13.0. The van der Waals surface area contributed by atoms with E-state index in [0.29, 0.717) is 29.1 Å². The number of sulfonamides is 1. The van der Waals surface area contributed by atoms with E-state index in [-0.39, 0.29) is 12.6 Å². The van der Waals surface area contributed by atoms with Crippen LogP contribution in [0, 0.1) is 20.8 Å². The number of nitrogens with two attached hydrogens (primary N) is 1. The summed E-state index contributed by atoms with van der Waals surface area (Å²) in [6.45, 7) is 9.32. The van der Waals surface area contributed by atoms with Crippen LogP contribution in [0.4, 0.5) is 5.69 Å². The molecule has 0 aromatic heterocycles. The lowest BCUT2D eigenvalue weighted by Crippen LogP contribution is -2.38. The highest BCUT2D eigenvalue weighted by Crippen LogP contribution is 2.31. The number of aryl methyl sites for hydroxylation is 1. The summed E-state index contributed by atoms with van der Waals surface area (Å²) in [5.41, 5.74) is 8.62. The molecule has 0 fully saturated rings. The van der Waals surface area contributed by atoms with E-state index >= 15 is 0 Å². The predicted octanol–water partition coefficient (Wildman–Crippen LogP) is 1.98. The summed E-state index contributed by atoms with van der Waals surface area (Å²) in [7, 11) is -3.64. The minimum atomic E-state index is -3.64. The zero-order valence-corrected chi connectivity index (χ0v) is 14.3. The van der Waals surface area contributed by atoms with Crippen LogP contribution in [0.5, 0.6) is 0 Å². The van der Waals surface area contributed by atoms with Crippen molar-refractivity contribution in [3.8, 4) is 0 Å². The molecule has 1 aromatic carbocycles. The van der Waals surface area contributed by atoms with Gasteiger partial charge in [0.25, 0.3) is 0 Å². The molecule has 0 radical (unpaired) electrons. The molecule has 0 atom stereocenters. The Morgan fingerprint density at radius 1 is 1.24 bits per heavy atom. The Morgan fingerprint density at radius 3 is 2.29 bits per heavy atom. The Hall–Kier alpha value is -1.11. The van der Waals surface area contributed by atoms with Crippen LogP contribution in [-0.2, 0) is 10.0 Å². The lowest BCUT2D eigenvalue weighted by Gasteiger charge is -2.28. The normalized spacial score (nSPS) is 12.4. The smallest absolute Gasteiger partial charge is 0.243 e. The van der Waals surface area contributed by atoms with Crippen LogP contribution in [0.25, 0.3) is 0 Å². The maximum Gasteiger partial charge on any atom is 0.243 e. The topological polar surface area (TPSA) is 83.6 Å². The van der Waals surface area contributed by atoms with E-state index in [1.54, 1.807) is 19.9 Å². The zero-order valence-electron chi connectivity index (χ0n) is 13.5. The first-order valence-corrected chi connectivity index (χ1v) is 8.57. The van der Waals surface area contributed by atoms with Gasteiger partial charge in [0.1, 0.15) is 0 Å². The first-order valence-electron chi connectivity index (χ1n) is 7.13. The molecule has 3 N–H and O–H groups in total. The van der Waals surface area contributed by atoms with E-state index in [4.69, 9.17) is 10.8 Å². The fourth-order valence-electron chi connectivity index (χ4n) is 2.43. The van der Waals surface area contributed by atoms with E-state index in [0.717, 1.165) is 11.1 Å². The number of anilines is 1.